The zero-order valence-corrected chi connectivity index (χ0v) is 27.5. The molecule has 236 valence electrons. The van der Waals surface area contributed by atoms with Crippen LogP contribution in [0.1, 0.15) is 75.0 Å². The molecule has 43 heavy (non-hydrogen) atoms. The zero-order valence-electron chi connectivity index (χ0n) is 26.7. The standard InChI is InChI=1S/C35H51FN3O3S/c1-6-10-28-11-9-21-39(5,22-18-28)27(4)43(41,42)37-19-7-8-20-38-33(23-37)35(34(38)24-40)30-14-12-29(13-15-30)31-16-17-32(36)26(3)25(31)2/h11-17,27,33-35,40H,6-10,18-24H2,1-5H3/q+1/t27?,33-,34+,35?,39?/m0/s1. The van der Waals surface area contributed by atoms with Crippen molar-refractivity contribution >= 4 is 10.0 Å². The predicted octanol–water partition coefficient (Wildman–Crippen LogP) is 5.98. The molecule has 5 rings (SSSR count). The van der Waals surface area contributed by atoms with Gasteiger partial charge in [0.15, 0.2) is 0 Å². The molecule has 0 spiro atoms. The fraction of sp³-hybridized carbons (Fsp3) is 0.600. The molecule has 0 amide bonds. The lowest BCUT2D eigenvalue weighted by molar-refractivity contribution is -0.917. The van der Waals surface area contributed by atoms with Gasteiger partial charge in [-0.25, -0.2) is 12.8 Å². The largest absolute Gasteiger partial charge is 0.395 e. The average Bonchev–Trinajstić information content (AvgIpc) is 3.17. The summed E-state index contributed by atoms with van der Waals surface area (Å²) >= 11 is 0. The Morgan fingerprint density at radius 3 is 2.47 bits per heavy atom. The summed E-state index contributed by atoms with van der Waals surface area (Å²) in [5, 5.41) is 9.92. The molecule has 8 heteroatoms. The maximum absolute atomic E-state index is 14.3. The highest BCUT2D eigenvalue weighted by Gasteiger charge is 2.52. The number of hydrogen-bond donors (Lipinski definition) is 1. The van der Waals surface area contributed by atoms with E-state index in [1.54, 1.807) is 4.31 Å². The van der Waals surface area contributed by atoms with E-state index in [1.807, 2.05) is 26.8 Å². The Labute approximate surface area is 258 Å². The highest BCUT2D eigenvalue weighted by molar-refractivity contribution is 7.89. The average molecular weight is 613 g/mol. The number of sulfonamides is 1. The van der Waals surface area contributed by atoms with Crippen LogP contribution in [0.25, 0.3) is 11.1 Å². The van der Waals surface area contributed by atoms with Crippen molar-refractivity contribution in [2.24, 2.45) is 0 Å². The van der Waals surface area contributed by atoms with E-state index in [4.69, 9.17) is 0 Å². The van der Waals surface area contributed by atoms with E-state index in [9.17, 15) is 17.9 Å². The summed E-state index contributed by atoms with van der Waals surface area (Å²) in [6, 6.07) is 11.7. The van der Waals surface area contributed by atoms with Gasteiger partial charge in [-0.15, -0.1) is 0 Å². The molecule has 3 aliphatic rings. The molecule has 2 saturated heterocycles. The van der Waals surface area contributed by atoms with Crippen molar-refractivity contribution in [3.05, 3.63) is 70.6 Å². The summed E-state index contributed by atoms with van der Waals surface area (Å²) in [6.07, 6.45) is 8.21. The van der Waals surface area contributed by atoms with E-state index in [0.717, 1.165) is 80.4 Å². The van der Waals surface area contributed by atoms with Gasteiger partial charge in [0.1, 0.15) is 5.82 Å². The van der Waals surface area contributed by atoms with Crippen LogP contribution in [0.5, 0.6) is 0 Å². The van der Waals surface area contributed by atoms with Crippen molar-refractivity contribution in [1.82, 2.24) is 9.21 Å². The lowest BCUT2D eigenvalue weighted by Crippen LogP contribution is -2.68. The minimum atomic E-state index is -3.55. The fourth-order valence-electron chi connectivity index (χ4n) is 7.75. The van der Waals surface area contributed by atoms with E-state index >= 15 is 0 Å². The van der Waals surface area contributed by atoms with Gasteiger partial charge in [-0.3, -0.25) is 4.90 Å². The van der Waals surface area contributed by atoms with Gasteiger partial charge in [0.05, 0.1) is 26.7 Å². The number of benzene rings is 2. The monoisotopic (exact) mass is 612 g/mol. The third-order valence-electron chi connectivity index (χ3n) is 10.9. The zero-order chi connectivity index (χ0) is 30.9. The van der Waals surface area contributed by atoms with Gasteiger partial charge in [0.2, 0.25) is 5.37 Å². The van der Waals surface area contributed by atoms with Gasteiger partial charge in [-0.2, -0.15) is 4.31 Å². The second-order valence-corrected chi connectivity index (χ2v) is 15.6. The second-order valence-electron chi connectivity index (χ2n) is 13.3. The van der Waals surface area contributed by atoms with Gasteiger partial charge in [0, 0.05) is 50.9 Å². The molecule has 2 fully saturated rings. The molecular weight excluding hydrogens is 561 g/mol. The minimum Gasteiger partial charge on any atom is -0.395 e. The van der Waals surface area contributed by atoms with Crippen LogP contribution in [0.15, 0.2) is 48.0 Å². The SMILES string of the molecule is CCCC1=CCC[N+](C)(C(C)S(=O)(=O)N2CCCCN3[C@H](CO)C(c4ccc(-c5ccc(F)c(C)c5C)cc4)[C@@H]3C2)CC1. The maximum Gasteiger partial charge on any atom is 0.267 e. The summed E-state index contributed by atoms with van der Waals surface area (Å²) in [4.78, 5) is 2.33. The van der Waals surface area contributed by atoms with Crippen LogP contribution in [0, 0.1) is 19.7 Å². The molecule has 6 nitrogen and oxygen atoms in total. The second kappa shape index (κ2) is 13.1. The number of aliphatic hydroxyl groups excluding tert-OH is 1. The molecule has 2 aromatic rings. The molecule has 2 aromatic carbocycles. The number of quaternary nitrogens is 1. The van der Waals surface area contributed by atoms with Crippen LogP contribution in [0.2, 0.25) is 0 Å². The molecule has 1 N–H and O–H groups in total. The quantitative estimate of drug-likeness (QED) is 0.295. The van der Waals surface area contributed by atoms with E-state index in [-0.39, 0.29) is 30.4 Å². The van der Waals surface area contributed by atoms with Crippen molar-refractivity contribution in [3.8, 4) is 11.1 Å². The molecule has 0 radical (unpaired) electrons. The molecule has 3 heterocycles. The van der Waals surface area contributed by atoms with Gasteiger partial charge in [-0.1, -0.05) is 55.3 Å². The predicted molar refractivity (Wildman–Crippen MR) is 173 cm³/mol. The summed E-state index contributed by atoms with van der Waals surface area (Å²) in [7, 11) is -1.42. The Hall–Kier alpha value is -2.10. The number of hydrogen-bond acceptors (Lipinski definition) is 4. The summed E-state index contributed by atoms with van der Waals surface area (Å²) in [6.45, 7) is 11.5. The Balaban J connectivity index is 1.37. The lowest BCUT2D eigenvalue weighted by Gasteiger charge is -2.57. The maximum atomic E-state index is 14.3. The number of nitrogens with zero attached hydrogens (tertiary/aromatic N) is 3. The smallest absolute Gasteiger partial charge is 0.267 e. The first-order valence-electron chi connectivity index (χ1n) is 16.3. The van der Waals surface area contributed by atoms with Gasteiger partial charge >= 0.3 is 0 Å². The third kappa shape index (κ3) is 6.23. The number of halogens is 1. The Morgan fingerprint density at radius 1 is 1.05 bits per heavy atom. The number of aliphatic hydroxyl groups is 1. The van der Waals surface area contributed by atoms with Crippen molar-refractivity contribution in [2.45, 2.75) is 89.6 Å². The summed E-state index contributed by atoms with van der Waals surface area (Å²) in [5.41, 5.74) is 6.23. The first kappa shape index (κ1) is 32.3. The molecule has 3 aliphatic heterocycles. The third-order valence-corrected chi connectivity index (χ3v) is 13.3. The van der Waals surface area contributed by atoms with Gasteiger partial charge in [-0.05, 0) is 73.5 Å². The molecular formula is C35H51FN3O3S+. The van der Waals surface area contributed by atoms with Gasteiger partial charge in [0.25, 0.3) is 10.0 Å². The summed E-state index contributed by atoms with van der Waals surface area (Å²) in [5.74, 6) is -0.147. The molecule has 0 aliphatic carbocycles. The van der Waals surface area contributed by atoms with E-state index in [2.05, 4.69) is 49.2 Å². The number of rotatable bonds is 8. The molecule has 3 unspecified atom stereocenters. The molecule has 5 atom stereocenters. The first-order valence-corrected chi connectivity index (χ1v) is 17.8. The van der Waals surface area contributed by atoms with Crippen molar-refractivity contribution in [3.63, 3.8) is 0 Å². The van der Waals surface area contributed by atoms with Crippen molar-refractivity contribution < 1.29 is 22.4 Å². The topological polar surface area (TPSA) is 60.9 Å². The first-order chi connectivity index (χ1) is 20.5. The van der Waals surface area contributed by atoms with Gasteiger partial charge < -0.3 is 9.59 Å². The summed E-state index contributed by atoms with van der Waals surface area (Å²) < 4.78 is 45.1. The molecule has 0 aromatic heterocycles. The van der Waals surface area contributed by atoms with Crippen LogP contribution in [-0.4, -0.2) is 91.0 Å². The van der Waals surface area contributed by atoms with Crippen LogP contribution in [0.4, 0.5) is 4.39 Å². The number of fused-ring (bicyclic) bond motifs is 1. The van der Waals surface area contributed by atoms with E-state index < -0.39 is 15.4 Å². The van der Waals surface area contributed by atoms with Crippen molar-refractivity contribution in [1.29, 1.82) is 0 Å². The fourth-order valence-corrected chi connectivity index (χ4v) is 9.78. The normalized spacial score (nSPS) is 28.2. The van der Waals surface area contributed by atoms with Crippen molar-refractivity contribution in [2.75, 3.05) is 46.4 Å². The van der Waals surface area contributed by atoms with Crippen LogP contribution >= 0.6 is 0 Å². The molecule has 0 saturated carbocycles. The van der Waals surface area contributed by atoms with Crippen LogP contribution < -0.4 is 0 Å². The van der Waals surface area contributed by atoms with Crippen LogP contribution in [-0.2, 0) is 10.0 Å². The van der Waals surface area contributed by atoms with E-state index in [0.29, 0.717) is 23.1 Å². The highest BCUT2D eigenvalue weighted by atomic mass is 32.2. The van der Waals surface area contributed by atoms with Crippen LogP contribution in [0.3, 0.4) is 0 Å². The Morgan fingerprint density at radius 2 is 1.77 bits per heavy atom. The highest BCUT2D eigenvalue weighted by Crippen LogP contribution is 2.43. The molecule has 0 bridgehead atoms. The lowest BCUT2D eigenvalue weighted by atomic mass is 9.74. The Bertz CT molecular complexity index is 1430. The van der Waals surface area contributed by atoms with E-state index in [1.165, 1.54) is 11.6 Å². The minimum absolute atomic E-state index is 0.0207. The Kier molecular flexibility index (Phi) is 9.84.